The topological polar surface area (TPSA) is 53.0 Å². The number of hydrogen-bond acceptors (Lipinski definition) is 4. The predicted molar refractivity (Wildman–Crippen MR) is 77.3 cm³/mol. The Morgan fingerprint density at radius 3 is 2.55 bits per heavy atom. The van der Waals surface area contributed by atoms with Gasteiger partial charge in [-0.2, -0.15) is 0 Å². The van der Waals surface area contributed by atoms with Crippen LogP contribution in [0.25, 0.3) is 0 Å². The third kappa shape index (κ3) is 3.04. The van der Waals surface area contributed by atoms with Crippen LogP contribution in [0.3, 0.4) is 0 Å². The fourth-order valence-electron chi connectivity index (χ4n) is 2.58. The summed E-state index contributed by atoms with van der Waals surface area (Å²) >= 11 is 0. The standard InChI is InChI=1S/C15H22N2O3/c1-16(2)12-6-8-17(9-7-12)15(19)11-4-5-13(18)14(10-11)20-3/h4-5,10,12,18H,6-9H2,1-3H3. The highest BCUT2D eigenvalue weighted by molar-refractivity contribution is 5.95. The van der Waals surface area contributed by atoms with E-state index in [-0.39, 0.29) is 11.7 Å². The third-order valence-corrected chi connectivity index (χ3v) is 3.91. The van der Waals surface area contributed by atoms with Gasteiger partial charge in [0, 0.05) is 24.7 Å². The predicted octanol–water partition coefficient (Wildman–Crippen LogP) is 1.57. The van der Waals surface area contributed by atoms with E-state index in [1.807, 2.05) is 4.90 Å². The number of piperidine rings is 1. The maximum Gasteiger partial charge on any atom is 0.253 e. The molecule has 1 N–H and O–H groups in total. The monoisotopic (exact) mass is 278 g/mol. The molecule has 1 aliphatic heterocycles. The number of benzene rings is 1. The van der Waals surface area contributed by atoms with Crippen LogP contribution in [-0.2, 0) is 0 Å². The van der Waals surface area contributed by atoms with Crippen LogP contribution >= 0.6 is 0 Å². The highest BCUT2D eigenvalue weighted by atomic mass is 16.5. The van der Waals surface area contributed by atoms with E-state index in [0.29, 0.717) is 17.4 Å². The number of methoxy groups -OCH3 is 1. The van der Waals surface area contributed by atoms with Gasteiger partial charge >= 0.3 is 0 Å². The van der Waals surface area contributed by atoms with E-state index >= 15 is 0 Å². The number of rotatable bonds is 3. The Hall–Kier alpha value is -1.75. The zero-order valence-electron chi connectivity index (χ0n) is 12.3. The molecule has 1 amide bonds. The van der Waals surface area contributed by atoms with Gasteiger partial charge in [0.1, 0.15) is 0 Å². The lowest BCUT2D eigenvalue weighted by Crippen LogP contribution is -2.44. The molecule has 5 heteroatoms. The summed E-state index contributed by atoms with van der Waals surface area (Å²) in [6.07, 6.45) is 1.99. The molecule has 1 aromatic carbocycles. The maximum absolute atomic E-state index is 12.4. The first kappa shape index (κ1) is 14.7. The van der Waals surface area contributed by atoms with Crippen molar-refractivity contribution in [1.29, 1.82) is 0 Å². The molecule has 0 radical (unpaired) electrons. The van der Waals surface area contributed by atoms with E-state index in [4.69, 9.17) is 4.74 Å². The molecule has 1 fully saturated rings. The van der Waals surface area contributed by atoms with E-state index in [0.717, 1.165) is 25.9 Å². The van der Waals surface area contributed by atoms with Crippen molar-refractivity contribution in [2.24, 2.45) is 0 Å². The molecule has 1 saturated heterocycles. The third-order valence-electron chi connectivity index (χ3n) is 3.91. The maximum atomic E-state index is 12.4. The Balaban J connectivity index is 2.05. The van der Waals surface area contributed by atoms with E-state index < -0.39 is 0 Å². The molecule has 0 unspecified atom stereocenters. The van der Waals surface area contributed by atoms with E-state index in [2.05, 4.69) is 19.0 Å². The van der Waals surface area contributed by atoms with Crippen LogP contribution in [0.5, 0.6) is 11.5 Å². The van der Waals surface area contributed by atoms with Crippen molar-refractivity contribution in [2.75, 3.05) is 34.3 Å². The first-order chi connectivity index (χ1) is 9.52. The number of hydrogen-bond donors (Lipinski definition) is 1. The summed E-state index contributed by atoms with van der Waals surface area (Å²) in [5.74, 6) is 0.384. The van der Waals surface area contributed by atoms with Crippen molar-refractivity contribution in [3.05, 3.63) is 23.8 Å². The Bertz CT molecular complexity index is 480. The van der Waals surface area contributed by atoms with E-state index in [9.17, 15) is 9.90 Å². The van der Waals surface area contributed by atoms with Gasteiger partial charge in [-0.3, -0.25) is 4.79 Å². The molecule has 0 atom stereocenters. The van der Waals surface area contributed by atoms with Crippen LogP contribution in [-0.4, -0.2) is 61.2 Å². The number of phenols is 1. The molecule has 0 spiro atoms. The second-order valence-electron chi connectivity index (χ2n) is 5.37. The zero-order valence-corrected chi connectivity index (χ0v) is 12.3. The Labute approximate surface area is 119 Å². The molecule has 0 saturated carbocycles. The average molecular weight is 278 g/mol. The molecular weight excluding hydrogens is 256 g/mol. The summed E-state index contributed by atoms with van der Waals surface area (Å²) in [5, 5.41) is 9.57. The summed E-state index contributed by atoms with van der Waals surface area (Å²) < 4.78 is 5.04. The lowest BCUT2D eigenvalue weighted by molar-refractivity contribution is 0.0663. The van der Waals surface area contributed by atoms with E-state index in [1.54, 1.807) is 12.1 Å². The van der Waals surface area contributed by atoms with Gasteiger partial charge in [0.15, 0.2) is 11.5 Å². The molecule has 0 aliphatic carbocycles. The van der Waals surface area contributed by atoms with Gasteiger partial charge in [-0.25, -0.2) is 0 Å². The minimum absolute atomic E-state index is 0.000469. The Morgan fingerprint density at radius 1 is 1.35 bits per heavy atom. The average Bonchev–Trinajstić information content (AvgIpc) is 2.47. The van der Waals surface area contributed by atoms with Gasteiger partial charge in [-0.05, 0) is 45.1 Å². The molecule has 0 bridgehead atoms. The summed E-state index contributed by atoms with van der Waals surface area (Å²) in [5.41, 5.74) is 0.558. The first-order valence-corrected chi connectivity index (χ1v) is 6.85. The number of carbonyl (C=O) groups excluding carboxylic acids is 1. The number of amides is 1. The quantitative estimate of drug-likeness (QED) is 0.912. The van der Waals surface area contributed by atoms with Gasteiger partial charge in [-0.1, -0.05) is 0 Å². The van der Waals surface area contributed by atoms with Crippen molar-refractivity contribution < 1.29 is 14.6 Å². The van der Waals surface area contributed by atoms with Crippen molar-refractivity contribution in [3.63, 3.8) is 0 Å². The smallest absolute Gasteiger partial charge is 0.253 e. The molecule has 1 heterocycles. The first-order valence-electron chi connectivity index (χ1n) is 6.85. The van der Waals surface area contributed by atoms with Crippen molar-refractivity contribution in [2.45, 2.75) is 18.9 Å². The lowest BCUT2D eigenvalue weighted by atomic mass is 10.0. The number of nitrogens with zero attached hydrogens (tertiary/aromatic N) is 2. The normalized spacial score (nSPS) is 16.5. The summed E-state index contributed by atoms with van der Waals surface area (Å²) in [7, 11) is 5.63. The number of ether oxygens (including phenoxy) is 1. The minimum atomic E-state index is 0.000469. The minimum Gasteiger partial charge on any atom is -0.504 e. The van der Waals surface area contributed by atoms with Crippen molar-refractivity contribution in [3.8, 4) is 11.5 Å². The molecule has 1 aliphatic rings. The van der Waals surface area contributed by atoms with Gasteiger partial charge < -0.3 is 19.6 Å². The fourth-order valence-corrected chi connectivity index (χ4v) is 2.58. The number of carbonyl (C=O) groups is 1. The molecule has 1 aromatic rings. The second kappa shape index (κ2) is 6.13. The summed E-state index contributed by atoms with van der Waals surface area (Å²) in [6.45, 7) is 1.54. The lowest BCUT2D eigenvalue weighted by Gasteiger charge is -2.35. The van der Waals surface area contributed by atoms with Crippen LogP contribution in [0.4, 0.5) is 0 Å². The number of likely N-dealkylation sites (tertiary alicyclic amines) is 1. The van der Waals surface area contributed by atoms with Crippen LogP contribution < -0.4 is 4.74 Å². The molecule has 0 aromatic heterocycles. The Kier molecular flexibility index (Phi) is 4.49. The molecule has 5 nitrogen and oxygen atoms in total. The van der Waals surface area contributed by atoms with Crippen molar-refractivity contribution >= 4 is 5.91 Å². The largest absolute Gasteiger partial charge is 0.504 e. The van der Waals surface area contributed by atoms with Crippen LogP contribution in [0.1, 0.15) is 23.2 Å². The van der Waals surface area contributed by atoms with Crippen LogP contribution in [0.2, 0.25) is 0 Å². The van der Waals surface area contributed by atoms with Gasteiger partial charge in [0.05, 0.1) is 7.11 Å². The van der Waals surface area contributed by atoms with Gasteiger partial charge in [0.25, 0.3) is 5.91 Å². The van der Waals surface area contributed by atoms with Crippen LogP contribution in [0, 0.1) is 0 Å². The molecular formula is C15H22N2O3. The molecule has 110 valence electrons. The molecule has 2 rings (SSSR count). The van der Waals surface area contributed by atoms with Gasteiger partial charge in [0.2, 0.25) is 0 Å². The fraction of sp³-hybridized carbons (Fsp3) is 0.533. The summed E-state index contributed by atoms with van der Waals surface area (Å²) in [6, 6.07) is 5.28. The SMILES string of the molecule is COc1cc(C(=O)N2CCC(N(C)C)CC2)ccc1O. The second-order valence-corrected chi connectivity index (χ2v) is 5.37. The van der Waals surface area contributed by atoms with E-state index in [1.165, 1.54) is 13.2 Å². The zero-order chi connectivity index (χ0) is 14.7. The highest BCUT2D eigenvalue weighted by Crippen LogP contribution is 2.27. The summed E-state index contributed by atoms with van der Waals surface area (Å²) in [4.78, 5) is 16.5. The number of aromatic hydroxyl groups is 1. The van der Waals surface area contributed by atoms with Gasteiger partial charge in [-0.15, -0.1) is 0 Å². The Morgan fingerprint density at radius 2 is 2.00 bits per heavy atom. The highest BCUT2D eigenvalue weighted by Gasteiger charge is 2.25. The molecule has 20 heavy (non-hydrogen) atoms. The van der Waals surface area contributed by atoms with Crippen molar-refractivity contribution in [1.82, 2.24) is 9.80 Å². The number of phenolic OH excluding ortho intramolecular Hbond substituents is 1. The van der Waals surface area contributed by atoms with Crippen LogP contribution in [0.15, 0.2) is 18.2 Å².